The van der Waals surface area contributed by atoms with Gasteiger partial charge < -0.3 is 10.6 Å². The van der Waals surface area contributed by atoms with E-state index in [-0.39, 0.29) is 29.5 Å². The van der Waals surface area contributed by atoms with Gasteiger partial charge in [-0.15, -0.1) is 0 Å². The first kappa shape index (κ1) is 21.7. The van der Waals surface area contributed by atoms with Crippen LogP contribution in [0, 0.1) is 0 Å². The van der Waals surface area contributed by atoms with Crippen molar-refractivity contribution in [2.24, 2.45) is 0 Å². The average Bonchev–Trinajstić information content (AvgIpc) is 3.08. The lowest BCUT2D eigenvalue weighted by molar-refractivity contribution is -0.173. The fourth-order valence-electron chi connectivity index (χ4n) is 3.51. The van der Waals surface area contributed by atoms with E-state index in [4.69, 9.17) is 11.6 Å². The summed E-state index contributed by atoms with van der Waals surface area (Å²) >= 11 is 9.65. The molecule has 5 nitrogen and oxygen atoms in total. The Labute approximate surface area is 189 Å². The lowest BCUT2D eigenvalue weighted by Gasteiger charge is -2.33. The van der Waals surface area contributed by atoms with Crippen LogP contribution in [0.25, 0.3) is 0 Å². The molecule has 3 aromatic rings. The average molecular weight is 514 g/mol. The third kappa shape index (κ3) is 4.57. The molecule has 10 heteroatoms. The van der Waals surface area contributed by atoms with Crippen molar-refractivity contribution in [1.29, 1.82) is 0 Å². The number of nitrogens with one attached hydrogen (secondary N) is 2. The maximum Gasteiger partial charge on any atom is 0.410 e. The summed E-state index contributed by atoms with van der Waals surface area (Å²) in [7, 11) is 0. The summed E-state index contributed by atoms with van der Waals surface area (Å²) in [6.45, 7) is 0.204. The molecule has 0 saturated heterocycles. The Kier molecular flexibility index (Phi) is 5.98. The summed E-state index contributed by atoms with van der Waals surface area (Å²) in [5.74, 6) is -0.660. The monoisotopic (exact) mass is 512 g/mol. The lowest BCUT2D eigenvalue weighted by atomic mass is 9.97. The number of alkyl halides is 3. The minimum atomic E-state index is -4.56. The Bertz CT molecular complexity index is 1090. The number of anilines is 1. The smallest absolute Gasteiger partial charge is 0.362 e. The maximum atomic E-state index is 13.8. The molecule has 31 heavy (non-hydrogen) atoms. The third-order valence-corrected chi connectivity index (χ3v) is 5.97. The number of hydrogen-bond donors (Lipinski definition) is 2. The quantitative estimate of drug-likeness (QED) is 0.457. The highest BCUT2D eigenvalue weighted by molar-refractivity contribution is 9.10. The number of hydrogen-bond acceptors (Lipinski definition) is 3. The van der Waals surface area contributed by atoms with Gasteiger partial charge >= 0.3 is 6.18 Å². The topological polar surface area (TPSA) is 59.0 Å². The molecular formula is C21H17BrClF3N4O. The van der Waals surface area contributed by atoms with Crippen molar-refractivity contribution in [3.8, 4) is 0 Å². The van der Waals surface area contributed by atoms with Crippen LogP contribution in [0.1, 0.15) is 40.1 Å². The molecule has 0 bridgehead atoms. The molecule has 0 unspecified atom stereocenters. The zero-order valence-corrected chi connectivity index (χ0v) is 18.3. The van der Waals surface area contributed by atoms with Gasteiger partial charge in [0.1, 0.15) is 10.8 Å². The van der Waals surface area contributed by atoms with Gasteiger partial charge in [0.15, 0.2) is 11.7 Å². The van der Waals surface area contributed by atoms with E-state index in [1.54, 1.807) is 24.3 Å². The second-order valence-corrected chi connectivity index (χ2v) is 8.46. The minimum Gasteiger partial charge on any atom is -0.362 e. The van der Waals surface area contributed by atoms with Crippen LogP contribution in [-0.4, -0.2) is 21.9 Å². The second-order valence-electron chi connectivity index (χ2n) is 7.17. The van der Waals surface area contributed by atoms with Gasteiger partial charge in [-0.05, 0) is 23.3 Å². The standard InChI is InChI=1S/C21H17BrClF3N4O/c22-14-8-6-13(7-9-14)15-10-16(21(24,25)26)30-19(28-15)17(23)18(29-30)20(31)27-11-12-4-2-1-3-5-12/h1-9,15-16,28H,10-11H2,(H,27,31)/t15-,16-/m0/s1. The summed E-state index contributed by atoms with van der Waals surface area (Å²) in [4.78, 5) is 12.6. The van der Waals surface area contributed by atoms with E-state index in [1.807, 2.05) is 30.3 Å². The van der Waals surface area contributed by atoms with Crippen LogP contribution in [0.15, 0.2) is 59.1 Å². The maximum absolute atomic E-state index is 13.8. The lowest BCUT2D eigenvalue weighted by Crippen LogP contribution is -2.35. The Morgan fingerprint density at radius 2 is 1.87 bits per heavy atom. The van der Waals surface area contributed by atoms with Crippen LogP contribution < -0.4 is 10.6 Å². The van der Waals surface area contributed by atoms with Crippen molar-refractivity contribution in [2.45, 2.75) is 31.2 Å². The number of carbonyl (C=O) groups excluding carboxylic acids is 1. The summed E-state index contributed by atoms with van der Waals surface area (Å²) in [5.41, 5.74) is 1.28. The predicted molar refractivity (Wildman–Crippen MR) is 115 cm³/mol. The minimum absolute atomic E-state index is 0.0204. The first-order valence-electron chi connectivity index (χ1n) is 9.43. The Hall–Kier alpha value is -2.52. The fraction of sp³-hybridized carbons (Fsp3) is 0.238. The van der Waals surface area contributed by atoms with Gasteiger partial charge in [-0.1, -0.05) is 70.0 Å². The fourth-order valence-corrected chi connectivity index (χ4v) is 4.04. The number of fused-ring (bicyclic) bond motifs is 1. The van der Waals surface area contributed by atoms with Crippen LogP contribution in [0.4, 0.5) is 19.0 Å². The molecule has 0 spiro atoms. The highest BCUT2D eigenvalue weighted by Crippen LogP contribution is 2.46. The summed E-state index contributed by atoms with van der Waals surface area (Å²) in [6.07, 6.45) is -4.83. The van der Waals surface area contributed by atoms with Crippen molar-refractivity contribution in [1.82, 2.24) is 15.1 Å². The Balaban J connectivity index is 1.64. The van der Waals surface area contributed by atoms with E-state index in [9.17, 15) is 18.0 Å². The van der Waals surface area contributed by atoms with E-state index >= 15 is 0 Å². The van der Waals surface area contributed by atoms with Gasteiger partial charge in [0.05, 0.1) is 6.04 Å². The van der Waals surface area contributed by atoms with Gasteiger partial charge in [-0.25, -0.2) is 4.68 Å². The normalized spacial score (nSPS) is 18.2. The molecular weight excluding hydrogens is 497 g/mol. The van der Waals surface area contributed by atoms with E-state index in [0.29, 0.717) is 5.56 Å². The predicted octanol–water partition coefficient (Wildman–Crippen LogP) is 5.89. The molecule has 0 radical (unpaired) electrons. The van der Waals surface area contributed by atoms with Gasteiger partial charge in [-0.3, -0.25) is 4.79 Å². The number of aromatic nitrogens is 2. The number of nitrogens with zero attached hydrogens (tertiary/aromatic N) is 2. The Morgan fingerprint density at radius 1 is 1.19 bits per heavy atom. The van der Waals surface area contributed by atoms with Crippen molar-refractivity contribution in [3.63, 3.8) is 0 Å². The van der Waals surface area contributed by atoms with E-state index in [1.165, 1.54) is 0 Å². The second kappa shape index (κ2) is 8.55. The van der Waals surface area contributed by atoms with Gasteiger partial charge in [0, 0.05) is 17.4 Å². The molecule has 2 heterocycles. The first-order valence-corrected chi connectivity index (χ1v) is 10.6. The van der Waals surface area contributed by atoms with Crippen molar-refractivity contribution in [2.75, 3.05) is 5.32 Å². The molecule has 0 saturated carbocycles. The summed E-state index contributed by atoms with van der Waals surface area (Å²) in [5, 5.41) is 9.48. The molecule has 1 aliphatic rings. The molecule has 2 atom stereocenters. The van der Waals surface area contributed by atoms with Gasteiger partial charge in [0.2, 0.25) is 0 Å². The number of amides is 1. The number of rotatable bonds is 4. The highest BCUT2D eigenvalue weighted by Gasteiger charge is 2.47. The highest BCUT2D eigenvalue weighted by atomic mass is 79.9. The van der Waals surface area contributed by atoms with E-state index < -0.39 is 24.2 Å². The van der Waals surface area contributed by atoms with E-state index in [0.717, 1.165) is 14.7 Å². The first-order chi connectivity index (χ1) is 14.7. The van der Waals surface area contributed by atoms with Crippen LogP contribution in [0.2, 0.25) is 5.02 Å². The van der Waals surface area contributed by atoms with Crippen LogP contribution in [-0.2, 0) is 6.54 Å². The zero-order valence-electron chi connectivity index (χ0n) is 16.0. The number of benzene rings is 2. The van der Waals surface area contributed by atoms with E-state index in [2.05, 4.69) is 31.7 Å². The van der Waals surface area contributed by atoms with Crippen LogP contribution in [0.5, 0.6) is 0 Å². The molecule has 4 rings (SSSR count). The Morgan fingerprint density at radius 3 is 2.52 bits per heavy atom. The molecule has 0 aliphatic carbocycles. The van der Waals surface area contributed by atoms with Gasteiger partial charge in [-0.2, -0.15) is 18.3 Å². The zero-order chi connectivity index (χ0) is 22.2. The molecule has 1 amide bonds. The SMILES string of the molecule is O=C(NCc1ccccc1)c1nn2c(c1Cl)N[C@H](c1ccc(Br)cc1)C[C@H]2C(F)(F)F. The summed E-state index contributed by atoms with van der Waals surface area (Å²) < 4.78 is 43.1. The number of carbonyl (C=O) groups is 1. The van der Waals surface area contributed by atoms with Crippen molar-refractivity contribution in [3.05, 3.63) is 80.9 Å². The molecule has 1 aromatic heterocycles. The molecule has 2 N–H and O–H groups in total. The number of halogens is 5. The molecule has 1 aliphatic heterocycles. The summed E-state index contributed by atoms with van der Waals surface area (Å²) in [6, 6.07) is 13.6. The van der Waals surface area contributed by atoms with Crippen LogP contribution >= 0.6 is 27.5 Å². The molecule has 0 fully saturated rings. The van der Waals surface area contributed by atoms with Crippen molar-refractivity contribution < 1.29 is 18.0 Å². The van der Waals surface area contributed by atoms with Crippen molar-refractivity contribution >= 4 is 39.3 Å². The largest absolute Gasteiger partial charge is 0.410 e. The third-order valence-electron chi connectivity index (χ3n) is 5.08. The van der Waals surface area contributed by atoms with Crippen LogP contribution in [0.3, 0.4) is 0 Å². The molecule has 162 valence electrons. The molecule has 2 aromatic carbocycles. The van der Waals surface area contributed by atoms with Gasteiger partial charge in [0.25, 0.3) is 5.91 Å².